The second-order valence-corrected chi connectivity index (χ2v) is 7.07. The maximum absolute atomic E-state index is 13.2. The highest BCUT2D eigenvalue weighted by Crippen LogP contribution is 2.33. The molecule has 0 bridgehead atoms. The highest BCUT2D eigenvalue weighted by molar-refractivity contribution is 5.92. The molecule has 3 rings (SSSR count). The molecule has 0 saturated heterocycles. The van der Waals surface area contributed by atoms with Crippen LogP contribution < -0.4 is 10.9 Å². The van der Waals surface area contributed by atoms with Gasteiger partial charge < -0.3 is 9.88 Å². The number of pyridine rings is 1. The summed E-state index contributed by atoms with van der Waals surface area (Å²) >= 11 is 0. The lowest BCUT2D eigenvalue weighted by atomic mass is 9.97. The van der Waals surface area contributed by atoms with E-state index in [1.807, 2.05) is 0 Å². The molecule has 1 aliphatic rings. The number of carbonyl (C=O) groups excluding carboxylic acids is 1. The maximum Gasteiger partial charge on any atom is 0.421 e. The highest BCUT2D eigenvalue weighted by Gasteiger charge is 2.36. The Morgan fingerprint density at radius 2 is 2.00 bits per heavy atom. The molecule has 1 fully saturated rings. The molecule has 1 N–H and O–H groups in total. The number of carbonyl (C=O) groups is 1. The predicted molar refractivity (Wildman–Crippen MR) is 96.7 cm³/mol. The summed E-state index contributed by atoms with van der Waals surface area (Å²) in [5, 5.41) is 2.57. The Bertz CT molecular complexity index is 887. The van der Waals surface area contributed by atoms with E-state index in [2.05, 4.69) is 15.3 Å². The van der Waals surface area contributed by atoms with Gasteiger partial charge in [0.05, 0.1) is 18.1 Å². The van der Waals surface area contributed by atoms with Crippen LogP contribution in [0.25, 0.3) is 0 Å². The van der Waals surface area contributed by atoms with Gasteiger partial charge in [-0.2, -0.15) is 13.2 Å². The highest BCUT2D eigenvalue weighted by atomic mass is 19.4. The number of hydrogen-bond donors (Lipinski definition) is 1. The first-order valence-electron chi connectivity index (χ1n) is 9.13. The molecule has 28 heavy (non-hydrogen) atoms. The average Bonchev–Trinajstić information content (AvgIpc) is 3.14. The van der Waals surface area contributed by atoms with E-state index in [-0.39, 0.29) is 11.7 Å². The normalized spacial score (nSPS) is 16.1. The number of halogens is 3. The zero-order chi connectivity index (χ0) is 20.3. The van der Waals surface area contributed by atoms with E-state index >= 15 is 0 Å². The molecule has 1 saturated carbocycles. The number of alkyl halides is 3. The summed E-state index contributed by atoms with van der Waals surface area (Å²) in [6.07, 6.45) is 3.40. The van der Waals surface area contributed by atoms with Crippen molar-refractivity contribution in [2.24, 2.45) is 5.92 Å². The van der Waals surface area contributed by atoms with Crippen molar-refractivity contribution in [1.82, 2.24) is 14.5 Å². The molecule has 2 heterocycles. The number of aryl methyl sites for hydroxylation is 1. The molecule has 2 aromatic rings. The summed E-state index contributed by atoms with van der Waals surface area (Å²) in [6.45, 7) is 1.74. The second-order valence-electron chi connectivity index (χ2n) is 7.07. The van der Waals surface area contributed by atoms with Crippen molar-refractivity contribution in [3.8, 4) is 0 Å². The molecule has 1 atom stereocenters. The average molecular weight is 394 g/mol. The van der Waals surface area contributed by atoms with E-state index in [9.17, 15) is 22.8 Å². The third-order valence-corrected chi connectivity index (χ3v) is 4.98. The molecule has 0 aliphatic heterocycles. The molecule has 1 amide bonds. The van der Waals surface area contributed by atoms with Crippen LogP contribution in [0.4, 0.5) is 19.0 Å². The van der Waals surface area contributed by atoms with Crippen LogP contribution in [-0.2, 0) is 11.0 Å². The first kappa shape index (κ1) is 20.0. The largest absolute Gasteiger partial charge is 0.421 e. The minimum Gasteiger partial charge on any atom is -0.308 e. The topological polar surface area (TPSA) is 76.9 Å². The van der Waals surface area contributed by atoms with Gasteiger partial charge in [-0.15, -0.1) is 0 Å². The smallest absolute Gasteiger partial charge is 0.308 e. The van der Waals surface area contributed by atoms with Crippen LogP contribution >= 0.6 is 0 Å². The zero-order valence-corrected chi connectivity index (χ0v) is 15.4. The van der Waals surface area contributed by atoms with Gasteiger partial charge in [-0.05, 0) is 31.4 Å². The van der Waals surface area contributed by atoms with Crippen molar-refractivity contribution < 1.29 is 18.0 Å². The van der Waals surface area contributed by atoms with Crippen molar-refractivity contribution >= 4 is 11.7 Å². The first-order valence-corrected chi connectivity index (χ1v) is 9.13. The van der Waals surface area contributed by atoms with Gasteiger partial charge in [-0.1, -0.05) is 25.7 Å². The summed E-state index contributed by atoms with van der Waals surface area (Å²) in [7, 11) is 0. The molecule has 1 aliphatic carbocycles. The fraction of sp³-hybridized carbons (Fsp3) is 0.474. The van der Waals surface area contributed by atoms with Crippen molar-refractivity contribution in [2.45, 2.75) is 51.2 Å². The minimum atomic E-state index is -4.78. The lowest BCUT2D eigenvalue weighted by molar-refractivity contribution is -0.139. The summed E-state index contributed by atoms with van der Waals surface area (Å²) in [6, 6.07) is 0.820. The second kappa shape index (κ2) is 8.12. The number of nitrogens with zero attached hydrogens (tertiary/aromatic N) is 3. The number of aromatic nitrogens is 3. The molecule has 6 nitrogen and oxygen atoms in total. The fourth-order valence-corrected chi connectivity index (χ4v) is 3.55. The zero-order valence-electron chi connectivity index (χ0n) is 15.4. The van der Waals surface area contributed by atoms with Crippen LogP contribution in [0, 0.1) is 12.8 Å². The molecule has 0 spiro atoms. The predicted octanol–water partition coefficient (Wildman–Crippen LogP) is 3.73. The Morgan fingerprint density at radius 3 is 2.61 bits per heavy atom. The number of rotatable bonds is 5. The molecule has 0 radical (unpaired) electrons. The van der Waals surface area contributed by atoms with Gasteiger partial charge in [-0.3, -0.25) is 14.6 Å². The van der Waals surface area contributed by atoms with Crippen LogP contribution in [0.2, 0.25) is 0 Å². The Morgan fingerprint density at radius 1 is 1.29 bits per heavy atom. The number of anilines is 1. The Kier molecular flexibility index (Phi) is 5.81. The monoisotopic (exact) mass is 394 g/mol. The van der Waals surface area contributed by atoms with Crippen LogP contribution in [0.15, 0.2) is 35.5 Å². The van der Waals surface area contributed by atoms with E-state index in [1.54, 1.807) is 6.92 Å². The van der Waals surface area contributed by atoms with Crippen LogP contribution in [-0.4, -0.2) is 20.4 Å². The number of hydrogen-bond acceptors (Lipinski definition) is 4. The Balaban J connectivity index is 1.94. The lowest BCUT2D eigenvalue weighted by Crippen LogP contribution is -2.37. The summed E-state index contributed by atoms with van der Waals surface area (Å²) in [4.78, 5) is 33.4. The van der Waals surface area contributed by atoms with E-state index in [0.717, 1.165) is 42.4 Å². The molecule has 150 valence electrons. The van der Waals surface area contributed by atoms with Gasteiger partial charge in [0.25, 0.3) is 5.56 Å². The van der Waals surface area contributed by atoms with E-state index in [4.69, 9.17) is 0 Å². The summed E-state index contributed by atoms with van der Waals surface area (Å²) in [5.74, 6) is -0.209. The first-order chi connectivity index (χ1) is 13.3. The summed E-state index contributed by atoms with van der Waals surface area (Å²) in [5.41, 5.74) is -1.84. The van der Waals surface area contributed by atoms with Crippen molar-refractivity contribution in [3.63, 3.8) is 0 Å². The SMILES string of the molecule is Cc1cnc(NC(=O)[C@H](CC2CCCC2)n2cccc(C(F)(F)F)c2=O)cn1. The molecular formula is C19H21F3N4O2. The van der Waals surface area contributed by atoms with Gasteiger partial charge in [0, 0.05) is 6.20 Å². The van der Waals surface area contributed by atoms with Gasteiger partial charge in [0.1, 0.15) is 11.6 Å². The van der Waals surface area contributed by atoms with Crippen molar-refractivity contribution in [2.75, 3.05) is 5.32 Å². The van der Waals surface area contributed by atoms with Crippen LogP contribution in [0.5, 0.6) is 0 Å². The van der Waals surface area contributed by atoms with Crippen molar-refractivity contribution in [3.05, 3.63) is 52.3 Å². The quantitative estimate of drug-likeness (QED) is 0.838. The standard InChI is InChI=1S/C19H21F3N4O2/c1-12-10-24-16(11-23-12)25-17(27)15(9-13-5-2-3-6-13)26-8-4-7-14(18(26)28)19(20,21)22/h4,7-8,10-11,13,15H,2-3,5-6,9H2,1H3,(H,24,25,27)/t15-/m0/s1. The third kappa shape index (κ3) is 4.58. The maximum atomic E-state index is 13.2. The fourth-order valence-electron chi connectivity index (χ4n) is 3.55. The minimum absolute atomic E-state index is 0.182. The van der Waals surface area contributed by atoms with Gasteiger partial charge in [0.15, 0.2) is 5.82 Å². The van der Waals surface area contributed by atoms with Crippen molar-refractivity contribution in [1.29, 1.82) is 0 Å². The molecule has 0 aromatic carbocycles. The van der Waals surface area contributed by atoms with Gasteiger partial charge in [0.2, 0.25) is 5.91 Å². The third-order valence-electron chi connectivity index (χ3n) is 4.98. The van der Waals surface area contributed by atoms with E-state index < -0.39 is 29.2 Å². The molecular weight excluding hydrogens is 373 g/mol. The lowest BCUT2D eigenvalue weighted by Gasteiger charge is -2.23. The summed E-state index contributed by atoms with van der Waals surface area (Å²) < 4.78 is 40.3. The molecule has 0 unspecified atom stereocenters. The Hall–Kier alpha value is -2.71. The molecule has 9 heteroatoms. The van der Waals surface area contributed by atoms with Gasteiger partial charge >= 0.3 is 6.18 Å². The van der Waals surface area contributed by atoms with Gasteiger partial charge in [-0.25, -0.2) is 4.98 Å². The number of amides is 1. The van der Waals surface area contributed by atoms with Crippen LogP contribution in [0.1, 0.15) is 49.4 Å². The van der Waals surface area contributed by atoms with E-state index in [1.165, 1.54) is 18.6 Å². The molecule has 2 aromatic heterocycles. The van der Waals surface area contributed by atoms with Crippen LogP contribution in [0.3, 0.4) is 0 Å². The Labute approximate surface area is 159 Å². The van der Waals surface area contributed by atoms with E-state index in [0.29, 0.717) is 12.1 Å². The number of nitrogens with one attached hydrogen (secondary N) is 1.